The van der Waals surface area contributed by atoms with Gasteiger partial charge in [0.2, 0.25) is 10.0 Å². The summed E-state index contributed by atoms with van der Waals surface area (Å²) < 4.78 is 25.5. The molecule has 1 amide bonds. The number of aliphatic imine (C=N–C) groups is 1. The molecule has 2 aromatic carbocycles. The lowest BCUT2D eigenvalue weighted by molar-refractivity contribution is 0.0827. The summed E-state index contributed by atoms with van der Waals surface area (Å²) in [4.78, 5) is 18.1. The van der Waals surface area contributed by atoms with Gasteiger partial charge in [-0.2, -0.15) is 0 Å². The Morgan fingerprint density at radius 3 is 2.23 bits per heavy atom. The van der Waals surface area contributed by atoms with Gasteiger partial charge in [-0.1, -0.05) is 24.3 Å². The molecule has 2 aromatic rings. The van der Waals surface area contributed by atoms with Crippen LogP contribution in [-0.2, 0) is 23.0 Å². The lowest BCUT2D eigenvalue weighted by atomic mass is 10.1. The quantitative estimate of drug-likeness (QED) is 0.475. The second-order valence-corrected chi connectivity index (χ2v) is 9.59. The molecule has 0 heterocycles. The minimum absolute atomic E-state index is 0.0170. The van der Waals surface area contributed by atoms with Crippen LogP contribution in [0.3, 0.4) is 0 Å². The number of hydrogen-bond donors (Lipinski definition) is 2. The molecule has 0 atom stereocenters. The van der Waals surface area contributed by atoms with Gasteiger partial charge < -0.3 is 15.5 Å². The van der Waals surface area contributed by atoms with E-state index in [1.165, 1.54) is 18.4 Å². The van der Waals surface area contributed by atoms with E-state index in [2.05, 4.69) is 15.6 Å². The number of carbonyl (C=O) groups is 1. The van der Waals surface area contributed by atoms with E-state index >= 15 is 0 Å². The van der Waals surface area contributed by atoms with Gasteiger partial charge in [-0.05, 0) is 41.8 Å². The summed E-state index contributed by atoms with van der Waals surface area (Å²) in [6.07, 6.45) is 0.742. The topological polar surface area (TPSA) is 94.1 Å². The fourth-order valence-electron chi connectivity index (χ4n) is 2.84. The Bertz CT molecular complexity index is 1020. The molecule has 0 bridgehead atoms. The van der Waals surface area contributed by atoms with Gasteiger partial charge in [-0.25, -0.2) is 12.7 Å². The number of hydrogen-bond acceptors (Lipinski definition) is 4. The van der Waals surface area contributed by atoms with Gasteiger partial charge in [-0.15, -0.1) is 0 Å². The van der Waals surface area contributed by atoms with Crippen LogP contribution in [0.1, 0.15) is 21.5 Å². The van der Waals surface area contributed by atoms with Crippen LogP contribution < -0.4 is 10.6 Å². The van der Waals surface area contributed by atoms with Crippen molar-refractivity contribution >= 4 is 21.9 Å². The maximum absolute atomic E-state index is 12.1. The van der Waals surface area contributed by atoms with Crippen molar-refractivity contribution < 1.29 is 13.2 Å². The van der Waals surface area contributed by atoms with Crippen LogP contribution in [0.4, 0.5) is 0 Å². The minimum Gasteiger partial charge on any atom is -0.356 e. The highest BCUT2D eigenvalue weighted by Crippen LogP contribution is 2.14. The molecular formula is C22H31N5O3S. The first kappa shape index (κ1) is 24.4. The van der Waals surface area contributed by atoms with Crippen molar-refractivity contribution in [1.82, 2.24) is 19.8 Å². The van der Waals surface area contributed by atoms with Gasteiger partial charge in [-0.3, -0.25) is 9.79 Å². The molecule has 0 saturated carbocycles. The van der Waals surface area contributed by atoms with E-state index in [0.717, 1.165) is 17.5 Å². The van der Waals surface area contributed by atoms with Crippen molar-refractivity contribution in [3.05, 3.63) is 65.2 Å². The van der Waals surface area contributed by atoms with Gasteiger partial charge in [0, 0.05) is 53.9 Å². The summed E-state index contributed by atoms with van der Waals surface area (Å²) in [5.41, 5.74) is 2.67. The molecule has 31 heavy (non-hydrogen) atoms. The number of nitrogens with one attached hydrogen (secondary N) is 2. The highest BCUT2D eigenvalue weighted by Gasteiger charge is 2.16. The molecule has 2 rings (SSSR count). The van der Waals surface area contributed by atoms with Crippen LogP contribution in [0.15, 0.2) is 58.4 Å². The maximum atomic E-state index is 12.1. The fraction of sp³-hybridized carbons (Fsp3) is 0.364. The summed E-state index contributed by atoms with van der Waals surface area (Å²) in [6, 6.07) is 14.4. The zero-order chi connectivity index (χ0) is 23.0. The average Bonchev–Trinajstić information content (AvgIpc) is 2.75. The van der Waals surface area contributed by atoms with E-state index in [0.29, 0.717) is 24.6 Å². The Hall–Kier alpha value is -2.91. The molecule has 0 saturated heterocycles. The van der Waals surface area contributed by atoms with Crippen LogP contribution in [0.2, 0.25) is 0 Å². The third-order valence-electron chi connectivity index (χ3n) is 4.67. The van der Waals surface area contributed by atoms with Crippen LogP contribution in [0.25, 0.3) is 0 Å². The van der Waals surface area contributed by atoms with Crippen molar-refractivity contribution in [3.63, 3.8) is 0 Å². The highest BCUT2D eigenvalue weighted by molar-refractivity contribution is 7.89. The van der Waals surface area contributed by atoms with Gasteiger partial charge in [0.1, 0.15) is 0 Å². The SMILES string of the molecule is CN=C(NCCc1cccc(C(=O)N(C)C)c1)NCc1ccc(S(=O)(=O)N(C)C)cc1. The smallest absolute Gasteiger partial charge is 0.253 e. The molecule has 0 aromatic heterocycles. The number of nitrogens with zero attached hydrogens (tertiary/aromatic N) is 3. The van der Waals surface area contributed by atoms with Gasteiger partial charge >= 0.3 is 0 Å². The third-order valence-corrected chi connectivity index (χ3v) is 6.50. The van der Waals surface area contributed by atoms with E-state index in [9.17, 15) is 13.2 Å². The second-order valence-electron chi connectivity index (χ2n) is 7.43. The van der Waals surface area contributed by atoms with E-state index in [4.69, 9.17) is 0 Å². The molecule has 9 heteroatoms. The first-order valence-corrected chi connectivity index (χ1v) is 11.4. The zero-order valence-electron chi connectivity index (χ0n) is 18.7. The Balaban J connectivity index is 1.87. The zero-order valence-corrected chi connectivity index (χ0v) is 19.5. The van der Waals surface area contributed by atoms with E-state index in [1.807, 2.05) is 24.3 Å². The number of carbonyl (C=O) groups excluding carboxylic acids is 1. The van der Waals surface area contributed by atoms with E-state index < -0.39 is 10.0 Å². The number of sulfonamides is 1. The lowest BCUT2D eigenvalue weighted by Gasteiger charge is -2.14. The third kappa shape index (κ3) is 6.80. The van der Waals surface area contributed by atoms with Gasteiger partial charge in [0.25, 0.3) is 5.91 Å². The van der Waals surface area contributed by atoms with Crippen LogP contribution in [0.5, 0.6) is 0 Å². The summed E-state index contributed by atoms with van der Waals surface area (Å²) in [5.74, 6) is 0.627. The van der Waals surface area contributed by atoms with Gasteiger partial charge in [0.15, 0.2) is 5.96 Å². The normalized spacial score (nSPS) is 12.0. The summed E-state index contributed by atoms with van der Waals surface area (Å²) >= 11 is 0. The molecule has 0 fully saturated rings. The molecule has 0 radical (unpaired) electrons. The Labute approximate surface area is 185 Å². The molecule has 0 unspecified atom stereocenters. The van der Waals surface area contributed by atoms with Crippen LogP contribution in [-0.4, -0.2) is 71.3 Å². The van der Waals surface area contributed by atoms with Crippen LogP contribution >= 0.6 is 0 Å². The largest absolute Gasteiger partial charge is 0.356 e. The number of benzene rings is 2. The molecule has 0 spiro atoms. The summed E-state index contributed by atoms with van der Waals surface area (Å²) in [7, 11) is 4.76. The Morgan fingerprint density at radius 2 is 1.65 bits per heavy atom. The van der Waals surface area contributed by atoms with Crippen molar-refractivity contribution in [2.24, 2.45) is 4.99 Å². The maximum Gasteiger partial charge on any atom is 0.253 e. The number of amides is 1. The predicted octanol–water partition coefficient (Wildman–Crippen LogP) is 1.55. The average molecular weight is 446 g/mol. The van der Waals surface area contributed by atoms with Crippen molar-refractivity contribution in [2.45, 2.75) is 17.9 Å². The molecule has 0 aliphatic carbocycles. The van der Waals surface area contributed by atoms with Crippen molar-refractivity contribution in [1.29, 1.82) is 0 Å². The molecule has 0 aliphatic rings. The minimum atomic E-state index is -3.43. The molecule has 168 valence electrons. The Kier molecular flexibility index (Phi) is 8.58. The standard InChI is InChI=1S/C22H31N5O3S/c1-23-22(24-14-13-17-7-6-8-19(15-17)21(28)26(2)3)25-16-18-9-11-20(12-10-18)31(29,30)27(4)5/h6-12,15H,13-14,16H2,1-5H3,(H2,23,24,25). The first-order chi connectivity index (χ1) is 14.6. The molecular weight excluding hydrogens is 414 g/mol. The highest BCUT2D eigenvalue weighted by atomic mass is 32.2. The van der Waals surface area contributed by atoms with E-state index in [1.54, 1.807) is 50.3 Å². The molecule has 8 nitrogen and oxygen atoms in total. The van der Waals surface area contributed by atoms with Gasteiger partial charge in [0.05, 0.1) is 4.90 Å². The predicted molar refractivity (Wildman–Crippen MR) is 124 cm³/mol. The number of guanidine groups is 1. The number of rotatable bonds is 8. The summed E-state index contributed by atoms with van der Waals surface area (Å²) in [5, 5.41) is 6.47. The second kappa shape index (κ2) is 10.9. The van der Waals surface area contributed by atoms with Crippen molar-refractivity contribution in [2.75, 3.05) is 41.8 Å². The monoisotopic (exact) mass is 445 g/mol. The molecule has 2 N–H and O–H groups in total. The summed E-state index contributed by atoms with van der Waals surface area (Å²) in [6.45, 7) is 1.16. The van der Waals surface area contributed by atoms with Crippen LogP contribution in [0, 0.1) is 0 Å². The lowest BCUT2D eigenvalue weighted by Crippen LogP contribution is -2.37. The fourth-order valence-corrected chi connectivity index (χ4v) is 3.74. The van der Waals surface area contributed by atoms with Crippen molar-refractivity contribution in [3.8, 4) is 0 Å². The Morgan fingerprint density at radius 1 is 0.968 bits per heavy atom. The molecule has 0 aliphatic heterocycles. The van der Waals surface area contributed by atoms with E-state index in [-0.39, 0.29) is 10.8 Å². The first-order valence-electron chi connectivity index (χ1n) is 9.91.